The number of hydrogen-bond donors (Lipinski definition) is 2. The molecule has 0 aliphatic rings. The molecule has 0 saturated heterocycles. The van der Waals surface area contributed by atoms with Crippen LogP contribution in [0.25, 0.3) is 0 Å². The molecule has 0 aliphatic heterocycles. The highest BCUT2D eigenvalue weighted by Gasteiger charge is 2.01. The fourth-order valence-corrected chi connectivity index (χ4v) is 1.68. The molecule has 0 aromatic heterocycles. The highest BCUT2D eigenvalue weighted by Crippen LogP contribution is 2.04. The third kappa shape index (κ3) is 15.3. The number of ether oxygens (including phenoxy) is 1. The van der Waals surface area contributed by atoms with E-state index in [-0.39, 0.29) is 5.91 Å². The van der Waals surface area contributed by atoms with Gasteiger partial charge < -0.3 is 15.4 Å². The standard InChI is InChI=1S/C15H32N2O2/c1-13(2)7-5-6-9-17-15(18)8-11-19-12-10-16-14(3)4/h13-14,16H,5-12H2,1-4H3,(H,17,18). The molecule has 0 heterocycles. The van der Waals surface area contributed by atoms with E-state index in [1.165, 1.54) is 12.8 Å². The Hall–Kier alpha value is -0.610. The Kier molecular flexibility index (Phi) is 12.0. The van der Waals surface area contributed by atoms with Gasteiger partial charge in [0, 0.05) is 25.6 Å². The van der Waals surface area contributed by atoms with Crippen molar-refractivity contribution in [2.24, 2.45) is 5.92 Å². The van der Waals surface area contributed by atoms with Crippen LogP contribution in [0.3, 0.4) is 0 Å². The van der Waals surface area contributed by atoms with Gasteiger partial charge in [0.25, 0.3) is 0 Å². The number of unbranched alkanes of at least 4 members (excludes halogenated alkanes) is 1. The number of nitrogens with one attached hydrogen (secondary N) is 2. The Morgan fingerprint density at radius 2 is 1.79 bits per heavy atom. The minimum atomic E-state index is 0.0985. The summed E-state index contributed by atoms with van der Waals surface area (Å²) in [4.78, 5) is 11.5. The molecule has 0 fully saturated rings. The first-order valence-electron chi connectivity index (χ1n) is 7.60. The summed E-state index contributed by atoms with van der Waals surface area (Å²) >= 11 is 0. The van der Waals surface area contributed by atoms with E-state index >= 15 is 0 Å². The van der Waals surface area contributed by atoms with Crippen molar-refractivity contribution in [2.45, 2.75) is 59.4 Å². The SMILES string of the molecule is CC(C)CCCCNC(=O)CCOCCNC(C)C. The summed E-state index contributed by atoms with van der Waals surface area (Å²) in [7, 11) is 0. The van der Waals surface area contributed by atoms with Crippen molar-refractivity contribution in [1.29, 1.82) is 0 Å². The van der Waals surface area contributed by atoms with Crippen LogP contribution in [0.2, 0.25) is 0 Å². The number of hydrogen-bond acceptors (Lipinski definition) is 3. The third-order valence-electron chi connectivity index (χ3n) is 2.80. The summed E-state index contributed by atoms with van der Waals surface area (Å²) in [5, 5.41) is 6.20. The predicted molar refractivity (Wildman–Crippen MR) is 80.3 cm³/mol. The molecule has 0 rings (SSSR count). The fourth-order valence-electron chi connectivity index (χ4n) is 1.68. The summed E-state index contributed by atoms with van der Waals surface area (Å²) in [5.41, 5.74) is 0. The van der Waals surface area contributed by atoms with Crippen molar-refractivity contribution in [3.8, 4) is 0 Å². The Morgan fingerprint density at radius 3 is 2.42 bits per heavy atom. The molecule has 0 aromatic carbocycles. The maximum absolute atomic E-state index is 11.5. The van der Waals surface area contributed by atoms with Crippen molar-refractivity contribution < 1.29 is 9.53 Å². The number of carbonyl (C=O) groups is 1. The van der Waals surface area contributed by atoms with Gasteiger partial charge in [-0.25, -0.2) is 0 Å². The van der Waals surface area contributed by atoms with Crippen LogP contribution >= 0.6 is 0 Å². The largest absolute Gasteiger partial charge is 0.380 e. The second-order valence-electron chi connectivity index (χ2n) is 5.71. The van der Waals surface area contributed by atoms with Gasteiger partial charge in [0.2, 0.25) is 5.91 Å². The molecule has 114 valence electrons. The van der Waals surface area contributed by atoms with Crippen LogP contribution in [0.4, 0.5) is 0 Å². The highest BCUT2D eigenvalue weighted by molar-refractivity contribution is 5.75. The van der Waals surface area contributed by atoms with E-state index in [2.05, 4.69) is 38.3 Å². The van der Waals surface area contributed by atoms with E-state index in [0.717, 1.165) is 25.4 Å². The zero-order valence-corrected chi connectivity index (χ0v) is 13.1. The van der Waals surface area contributed by atoms with Gasteiger partial charge in [-0.1, -0.05) is 40.5 Å². The van der Waals surface area contributed by atoms with Crippen molar-refractivity contribution in [2.75, 3.05) is 26.3 Å². The van der Waals surface area contributed by atoms with E-state index < -0.39 is 0 Å². The van der Waals surface area contributed by atoms with Crippen molar-refractivity contribution in [3.63, 3.8) is 0 Å². The molecule has 19 heavy (non-hydrogen) atoms. The zero-order valence-electron chi connectivity index (χ0n) is 13.1. The molecule has 4 heteroatoms. The van der Waals surface area contributed by atoms with Gasteiger partial charge in [0.05, 0.1) is 13.2 Å². The monoisotopic (exact) mass is 272 g/mol. The molecule has 0 saturated carbocycles. The Bertz CT molecular complexity index is 218. The lowest BCUT2D eigenvalue weighted by Gasteiger charge is -2.09. The van der Waals surface area contributed by atoms with Gasteiger partial charge in [-0.05, 0) is 12.3 Å². The lowest BCUT2D eigenvalue weighted by atomic mass is 10.1. The van der Waals surface area contributed by atoms with Crippen molar-refractivity contribution in [1.82, 2.24) is 10.6 Å². The van der Waals surface area contributed by atoms with Gasteiger partial charge in [-0.15, -0.1) is 0 Å². The average molecular weight is 272 g/mol. The number of carbonyl (C=O) groups excluding carboxylic acids is 1. The molecular formula is C15H32N2O2. The van der Waals surface area contributed by atoms with Crippen LogP contribution in [-0.4, -0.2) is 38.3 Å². The lowest BCUT2D eigenvalue weighted by Crippen LogP contribution is -2.28. The minimum Gasteiger partial charge on any atom is -0.380 e. The predicted octanol–water partition coefficient (Wildman–Crippen LogP) is 2.33. The molecule has 0 aromatic rings. The molecule has 0 radical (unpaired) electrons. The average Bonchev–Trinajstić information content (AvgIpc) is 2.32. The zero-order chi connectivity index (χ0) is 14.5. The van der Waals surface area contributed by atoms with E-state index in [1.807, 2.05) is 0 Å². The molecule has 0 spiro atoms. The summed E-state index contributed by atoms with van der Waals surface area (Å²) in [6.45, 7) is 11.5. The minimum absolute atomic E-state index is 0.0985. The van der Waals surface area contributed by atoms with Gasteiger partial charge in [0.15, 0.2) is 0 Å². The first-order valence-corrected chi connectivity index (χ1v) is 7.60. The first-order chi connectivity index (χ1) is 9.02. The van der Waals surface area contributed by atoms with Gasteiger partial charge in [-0.3, -0.25) is 4.79 Å². The molecule has 0 bridgehead atoms. The third-order valence-corrected chi connectivity index (χ3v) is 2.80. The van der Waals surface area contributed by atoms with E-state index in [4.69, 9.17) is 4.74 Å². The van der Waals surface area contributed by atoms with E-state index in [0.29, 0.717) is 25.7 Å². The second kappa shape index (κ2) is 12.4. The van der Waals surface area contributed by atoms with Gasteiger partial charge in [-0.2, -0.15) is 0 Å². The maximum Gasteiger partial charge on any atom is 0.222 e. The van der Waals surface area contributed by atoms with E-state index in [1.54, 1.807) is 0 Å². The van der Waals surface area contributed by atoms with Gasteiger partial charge >= 0.3 is 0 Å². The molecule has 4 nitrogen and oxygen atoms in total. The molecule has 0 unspecified atom stereocenters. The molecule has 0 aliphatic carbocycles. The van der Waals surface area contributed by atoms with Crippen LogP contribution in [0.1, 0.15) is 53.4 Å². The van der Waals surface area contributed by atoms with Crippen LogP contribution in [0.5, 0.6) is 0 Å². The Morgan fingerprint density at radius 1 is 1.05 bits per heavy atom. The second-order valence-corrected chi connectivity index (χ2v) is 5.71. The molecular weight excluding hydrogens is 240 g/mol. The molecule has 1 amide bonds. The Balaban J connectivity index is 3.21. The Labute approximate surface area is 118 Å². The first kappa shape index (κ1) is 18.4. The summed E-state index contributed by atoms with van der Waals surface area (Å²) in [5.74, 6) is 0.852. The molecule has 2 N–H and O–H groups in total. The smallest absolute Gasteiger partial charge is 0.222 e. The van der Waals surface area contributed by atoms with E-state index in [9.17, 15) is 4.79 Å². The summed E-state index contributed by atoms with van der Waals surface area (Å²) in [6, 6.07) is 0.484. The van der Waals surface area contributed by atoms with Crippen LogP contribution in [0.15, 0.2) is 0 Å². The number of rotatable bonds is 12. The summed E-state index contributed by atoms with van der Waals surface area (Å²) in [6.07, 6.45) is 3.96. The quantitative estimate of drug-likeness (QED) is 0.536. The van der Waals surface area contributed by atoms with Crippen LogP contribution in [0, 0.1) is 5.92 Å². The topological polar surface area (TPSA) is 50.4 Å². The normalized spacial score (nSPS) is 11.3. The fraction of sp³-hybridized carbons (Fsp3) is 0.933. The van der Waals surface area contributed by atoms with Gasteiger partial charge in [0.1, 0.15) is 0 Å². The number of amides is 1. The lowest BCUT2D eigenvalue weighted by molar-refractivity contribution is -0.122. The maximum atomic E-state index is 11.5. The van der Waals surface area contributed by atoms with Crippen molar-refractivity contribution in [3.05, 3.63) is 0 Å². The molecule has 0 atom stereocenters. The summed E-state index contributed by atoms with van der Waals surface area (Å²) < 4.78 is 5.39. The van der Waals surface area contributed by atoms with Crippen molar-refractivity contribution >= 4 is 5.91 Å². The highest BCUT2D eigenvalue weighted by atomic mass is 16.5. The van der Waals surface area contributed by atoms with Crippen LogP contribution in [-0.2, 0) is 9.53 Å². The van der Waals surface area contributed by atoms with Crippen LogP contribution < -0.4 is 10.6 Å².